The summed E-state index contributed by atoms with van der Waals surface area (Å²) in [5.74, 6) is -0.505. The second-order valence-electron chi connectivity index (χ2n) is 11.0. The number of hydrogen-bond donors (Lipinski definition) is 2. The first-order valence-electron chi connectivity index (χ1n) is 13.5. The fourth-order valence-electron chi connectivity index (χ4n) is 5.86. The van der Waals surface area contributed by atoms with E-state index in [0.717, 1.165) is 18.5 Å². The van der Waals surface area contributed by atoms with Crippen molar-refractivity contribution in [2.24, 2.45) is 11.7 Å². The van der Waals surface area contributed by atoms with Crippen LogP contribution in [0.1, 0.15) is 38.2 Å². The smallest absolute Gasteiger partial charge is 0.229 e. The van der Waals surface area contributed by atoms with Crippen molar-refractivity contribution >= 4 is 28.7 Å². The van der Waals surface area contributed by atoms with Crippen LogP contribution in [-0.2, 0) is 4.79 Å². The van der Waals surface area contributed by atoms with E-state index in [9.17, 15) is 4.79 Å². The fourth-order valence-corrected chi connectivity index (χ4v) is 5.86. The first-order chi connectivity index (χ1) is 19.2. The quantitative estimate of drug-likeness (QED) is 0.371. The van der Waals surface area contributed by atoms with Gasteiger partial charge in [-0.25, -0.2) is 13.8 Å². The van der Waals surface area contributed by atoms with Crippen molar-refractivity contribution in [3.63, 3.8) is 0 Å². The lowest BCUT2D eigenvalue weighted by Crippen LogP contribution is -2.62. The van der Waals surface area contributed by atoms with E-state index in [0.29, 0.717) is 35.8 Å². The van der Waals surface area contributed by atoms with Gasteiger partial charge in [-0.1, -0.05) is 6.92 Å². The molecular weight excluding hydrogens is 514 g/mol. The number of pyridine rings is 1. The Balaban J connectivity index is 1.30. The van der Waals surface area contributed by atoms with Crippen molar-refractivity contribution in [1.29, 1.82) is 0 Å². The molecule has 0 spiro atoms. The molecule has 1 aliphatic carbocycles. The molecule has 4 aromatic rings. The van der Waals surface area contributed by atoms with Gasteiger partial charge >= 0.3 is 0 Å². The van der Waals surface area contributed by atoms with E-state index in [1.54, 1.807) is 49.6 Å². The van der Waals surface area contributed by atoms with Crippen molar-refractivity contribution in [2.45, 2.75) is 44.7 Å². The summed E-state index contributed by atoms with van der Waals surface area (Å²) in [6.07, 6.45) is 6.96. The highest BCUT2D eigenvalue weighted by molar-refractivity contribution is 5.75. The Morgan fingerprint density at radius 2 is 1.88 bits per heavy atom. The number of hydrogen-bond acceptors (Lipinski definition) is 7. The molecule has 9 nitrogen and oxygen atoms in total. The number of fused-ring (bicyclic) bond motifs is 1. The number of nitrogens with zero attached hydrogens (tertiary/aromatic N) is 6. The van der Waals surface area contributed by atoms with Crippen LogP contribution < -0.4 is 16.0 Å². The topological polar surface area (TPSA) is 105 Å². The zero-order valence-electron chi connectivity index (χ0n) is 22.7. The Labute approximate surface area is 231 Å². The van der Waals surface area contributed by atoms with Gasteiger partial charge in [-0.15, -0.1) is 0 Å². The van der Waals surface area contributed by atoms with Crippen LogP contribution in [-0.4, -0.2) is 62.6 Å². The molecule has 3 unspecified atom stereocenters. The maximum absolute atomic E-state index is 15.0. The molecule has 1 saturated heterocycles. The molecule has 1 amide bonds. The van der Waals surface area contributed by atoms with Gasteiger partial charge in [0.15, 0.2) is 0 Å². The number of anilines is 3. The molecule has 4 heterocycles. The molecule has 2 aliphatic rings. The first-order valence-corrected chi connectivity index (χ1v) is 13.5. The Morgan fingerprint density at radius 3 is 2.55 bits per heavy atom. The molecule has 2 fully saturated rings. The van der Waals surface area contributed by atoms with Gasteiger partial charge in [0.05, 0.1) is 46.6 Å². The van der Waals surface area contributed by atoms with Crippen LogP contribution >= 0.6 is 0 Å². The number of imidazole rings is 1. The molecule has 11 heteroatoms. The van der Waals surface area contributed by atoms with Gasteiger partial charge in [0, 0.05) is 39.3 Å². The highest BCUT2D eigenvalue weighted by Crippen LogP contribution is 2.42. The van der Waals surface area contributed by atoms with Gasteiger partial charge in [0.2, 0.25) is 11.9 Å². The third-order valence-electron chi connectivity index (χ3n) is 8.04. The molecule has 0 radical (unpaired) electrons. The summed E-state index contributed by atoms with van der Waals surface area (Å²) in [6.45, 7) is 4.88. The summed E-state index contributed by atoms with van der Waals surface area (Å²) in [7, 11) is 1.79. The third-order valence-corrected chi connectivity index (χ3v) is 8.04. The van der Waals surface area contributed by atoms with Crippen LogP contribution in [0.15, 0.2) is 48.9 Å². The number of piperidine rings is 1. The minimum atomic E-state index is -0.623. The lowest BCUT2D eigenvalue weighted by Gasteiger charge is -2.46. The number of carbonyl (C=O) groups excluding carboxylic acids is 1. The third kappa shape index (κ3) is 4.74. The number of amides is 1. The van der Waals surface area contributed by atoms with Gasteiger partial charge in [-0.05, 0) is 60.6 Å². The summed E-state index contributed by atoms with van der Waals surface area (Å²) < 4.78 is 31.6. The SMILES string of the molecule is CC(=O)N(C)C1C(C)CN(c2ccncc2Nc2ncc3ccc(-c4c(F)cc(C5CC5)cc4F)nn23)CC1N. The normalized spacial score (nSPS) is 21.1. The maximum atomic E-state index is 15.0. The molecule has 40 heavy (non-hydrogen) atoms. The molecule has 1 aromatic carbocycles. The summed E-state index contributed by atoms with van der Waals surface area (Å²) in [5, 5.41) is 7.85. The highest BCUT2D eigenvalue weighted by atomic mass is 19.1. The predicted molar refractivity (Wildman–Crippen MR) is 149 cm³/mol. The van der Waals surface area contributed by atoms with E-state index in [4.69, 9.17) is 5.73 Å². The molecule has 208 valence electrons. The lowest BCUT2D eigenvalue weighted by atomic mass is 9.88. The minimum absolute atomic E-state index is 0.0105. The second-order valence-corrected chi connectivity index (χ2v) is 11.0. The van der Waals surface area contributed by atoms with Gasteiger partial charge in [0.1, 0.15) is 11.6 Å². The van der Waals surface area contributed by atoms with Gasteiger partial charge in [0.25, 0.3) is 0 Å². The van der Waals surface area contributed by atoms with Crippen molar-refractivity contribution < 1.29 is 13.6 Å². The van der Waals surface area contributed by atoms with Crippen molar-refractivity contribution in [3.05, 3.63) is 66.1 Å². The number of aromatic nitrogens is 4. The molecule has 3 aromatic heterocycles. The molecule has 1 aliphatic heterocycles. The van der Waals surface area contributed by atoms with Crippen LogP contribution in [0.5, 0.6) is 0 Å². The standard InChI is InChI=1S/C29H32F2N8O/c1-16-14-38(15-23(32)28(16)37(3)17(2)40)26-8-9-33-13-25(26)35-29-34-12-20-6-7-24(36-39(20)29)27-21(30)10-19(11-22(27)31)18-4-5-18/h6-13,16,18,23,28H,4-5,14-15,32H2,1-3H3,(H,34,35). The number of likely N-dealkylation sites (N-methyl/N-ethyl adjacent to an activating group) is 1. The molecular formula is C29H32F2N8O. The highest BCUT2D eigenvalue weighted by Gasteiger charge is 2.36. The van der Waals surface area contributed by atoms with Crippen molar-refractivity contribution in [3.8, 4) is 11.3 Å². The number of nitrogens with one attached hydrogen (secondary N) is 1. The molecule has 0 bridgehead atoms. The monoisotopic (exact) mass is 546 g/mol. The van der Waals surface area contributed by atoms with Gasteiger partial charge in [-0.3, -0.25) is 9.78 Å². The summed E-state index contributed by atoms with van der Waals surface area (Å²) in [5.41, 5.74) is 9.50. The van der Waals surface area contributed by atoms with Crippen molar-refractivity contribution in [2.75, 3.05) is 30.4 Å². The van der Waals surface area contributed by atoms with Crippen LogP contribution in [0.2, 0.25) is 0 Å². The Bertz CT molecular complexity index is 1550. The largest absolute Gasteiger partial charge is 0.368 e. The number of nitrogens with two attached hydrogens (primary N) is 1. The Morgan fingerprint density at radius 1 is 1.12 bits per heavy atom. The minimum Gasteiger partial charge on any atom is -0.368 e. The fraction of sp³-hybridized carbons (Fsp3) is 0.379. The molecule has 1 saturated carbocycles. The summed E-state index contributed by atoms with van der Waals surface area (Å²) in [6, 6.07) is 7.75. The van der Waals surface area contributed by atoms with E-state index in [1.807, 2.05) is 6.07 Å². The molecule has 3 atom stereocenters. The number of benzene rings is 1. The molecule has 3 N–H and O–H groups in total. The zero-order valence-corrected chi connectivity index (χ0v) is 22.7. The van der Waals surface area contributed by atoms with E-state index in [2.05, 4.69) is 32.2 Å². The second kappa shape index (κ2) is 10.1. The van der Waals surface area contributed by atoms with E-state index in [-0.39, 0.29) is 41.1 Å². The van der Waals surface area contributed by atoms with E-state index >= 15 is 8.78 Å². The van der Waals surface area contributed by atoms with Crippen LogP contribution in [0.25, 0.3) is 16.8 Å². The summed E-state index contributed by atoms with van der Waals surface area (Å²) >= 11 is 0. The Kier molecular flexibility index (Phi) is 6.61. The number of rotatable bonds is 6. The Hall–Kier alpha value is -4.12. The summed E-state index contributed by atoms with van der Waals surface area (Å²) in [4.78, 5) is 24.7. The maximum Gasteiger partial charge on any atom is 0.229 e. The van der Waals surface area contributed by atoms with Gasteiger partial charge < -0.3 is 20.9 Å². The first kappa shape index (κ1) is 26.1. The van der Waals surface area contributed by atoms with Crippen LogP contribution in [0.3, 0.4) is 0 Å². The van der Waals surface area contributed by atoms with E-state index < -0.39 is 11.6 Å². The number of halogens is 2. The van der Waals surface area contributed by atoms with Gasteiger partial charge in [-0.2, -0.15) is 9.61 Å². The lowest BCUT2D eigenvalue weighted by molar-refractivity contribution is -0.131. The zero-order chi connectivity index (χ0) is 28.1. The van der Waals surface area contributed by atoms with Crippen molar-refractivity contribution in [1.82, 2.24) is 24.5 Å². The average molecular weight is 547 g/mol. The predicted octanol–water partition coefficient (Wildman–Crippen LogP) is 4.32. The average Bonchev–Trinajstić information content (AvgIpc) is 3.70. The van der Waals surface area contributed by atoms with E-state index in [1.165, 1.54) is 16.6 Å². The van der Waals surface area contributed by atoms with Crippen LogP contribution in [0.4, 0.5) is 26.1 Å². The molecule has 6 rings (SSSR count). The number of carbonyl (C=O) groups is 1. The van der Waals surface area contributed by atoms with Crippen LogP contribution in [0, 0.1) is 17.6 Å².